The highest BCUT2D eigenvalue weighted by Crippen LogP contribution is 2.30. The fraction of sp³-hybridized carbons (Fsp3) is 0.0455. The molecule has 29 heavy (non-hydrogen) atoms. The molecule has 1 amide bonds. The lowest BCUT2D eigenvalue weighted by atomic mass is 10.2. The van der Waals surface area contributed by atoms with Gasteiger partial charge in [-0.3, -0.25) is 4.79 Å². The van der Waals surface area contributed by atoms with Gasteiger partial charge >= 0.3 is 0 Å². The van der Waals surface area contributed by atoms with Crippen LogP contribution in [0.3, 0.4) is 0 Å². The van der Waals surface area contributed by atoms with E-state index in [1.807, 2.05) is 31.2 Å². The highest BCUT2D eigenvalue weighted by atomic mass is 79.9. The van der Waals surface area contributed by atoms with E-state index in [4.69, 9.17) is 0 Å². The maximum absolute atomic E-state index is 13.6. The van der Waals surface area contributed by atoms with E-state index in [0.717, 1.165) is 15.6 Å². The van der Waals surface area contributed by atoms with E-state index in [-0.39, 0.29) is 11.7 Å². The number of nitrogens with zero attached hydrogens (tertiary/aromatic N) is 3. The van der Waals surface area contributed by atoms with Crippen LogP contribution in [0.1, 0.15) is 21.5 Å². The normalized spacial score (nSPS) is 11.3. The van der Waals surface area contributed by atoms with Crippen LogP contribution in [0.2, 0.25) is 0 Å². The van der Waals surface area contributed by atoms with Crippen molar-refractivity contribution in [1.29, 1.82) is 0 Å². The molecule has 0 N–H and O–H groups in total. The molecule has 0 unspecified atom stereocenters. The third-order valence-electron chi connectivity index (χ3n) is 4.20. The van der Waals surface area contributed by atoms with Crippen LogP contribution in [0.15, 0.2) is 76.3 Å². The summed E-state index contributed by atoms with van der Waals surface area (Å²) in [6.07, 6.45) is 1.61. The first-order chi connectivity index (χ1) is 14.0. The molecule has 0 bridgehead atoms. The number of hydrogen-bond acceptors (Lipinski definition) is 4. The Labute approximate surface area is 179 Å². The van der Waals surface area contributed by atoms with Gasteiger partial charge in [-0.15, -0.1) is 0 Å². The largest absolute Gasteiger partial charge is 0.280 e. The van der Waals surface area contributed by atoms with Gasteiger partial charge in [-0.1, -0.05) is 57.1 Å². The van der Waals surface area contributed by atoms with Crippen LogP contribution in [0.25, 0.3) is 10.2 Å². The van der Waals surface area contributed by atoms with E-state index in [9.17, 15) is 9.18 Å². The number of aromatic nitrogens is 1. The first-order valence-corrected chi connectivity index (χ1v) is 10.4. The number of rotatable bonds is 4. The summed E-state index contributed by atoms with van der Waals surface area (Å²) < 4.78 is 15.1. The van der Waals surface area contributed by atoms with Gasteiger partial charge in [0, 0.05) is 10.0 Å². The minimum Gasteiger partial charge on any atom is -0.267 e. The third kappa shape index (κ3) is 4.41. The minimum atomic E-state index is -0.346. The van der Waals surface area contributed by atoms with Gasteiger partial charge in [-0.25, -0.2) is 9.37 Å². The number of thiazole rings is 1. The molecular weight excluding hydrogens is 453 g/mol. The van der Waals surface area contributed by atoms with Crippen LogP contribution in [0, 0.1) is 12.7 Å². The Kier molecular flexibility index (Phi) is 5.51. The molecule has 3 aromatic carbocycles. The molecule has 7 heteroatoms. The number of carbonyl (C=O) groups is 1. The average molecular weight is 468 g/mol. The Morgan fingerprint density at radius 1 is 1.10 bits per heavy atom. The lowest BCUT2D eigenvalue weighted by molar-refractivity contribution is 0.0988. The summed E-state index contributed by atoms with van der Waals surface area (Å²) in [7, 11) is 0. The van der Waals surface area contributed by atoms with Crippen molar-refractivity contribution in [2.24, 2.45) is 5.10 Å². The van der Waals surface area contributed by atoms with Crippen LogP contribution in [-0.4, -0.2) is 17.1 Å². The van der Waals surface area contributed by atoms with Crippen LogP contribution < -0.4 is 5.01 Å². The zero-order valence-corrected chi connectivity index (χ0v) is 17.7. The molecule has 0 saturated carbocycles. The summed E-state index contributed by atoms with van der Waals surface area (Å²) >= 11 is 4.59. The number of aryl methyl sites for hydroxylation is 1. The lowest BCUT2D eigenvalue weighted by Gasteiger charge is -2.14. The molecule has 0 aliphatic carbocycles. The van der Waals surface area contributed by atoms with Crippen molar-refractivity contribution in [2.75, 3.05) is 5.01 Å². The van der Waals surface area contributed by atoms with Crippen molar-refractivity contribution in [3.8, 4) is 0 Å². The number of hydrazone groups is 1. The van der Waals surface area contributed by atoms with Gasteiger partial charge in [0.1, 0.15) is 5.82 Å². The first kappa shape index (κ1) is 19.4. The smallest absolute Gasteiger partial charge is 0.267 e. The summed E-state index contributed by atoms with van der Waals surface area (Å²) in [5, 5.41) is 6.04. The fourth-order valence-corrected chi connectivity index (χ4v) is 3.87. The first-order valence-electron chi connectivity index (χ1n) is 8.76. The van der Waals surface area contributed by atoms with Crippen molar-refractivity contribution in [3.63, 3.8) is 0 Å². The van der Waals surface area contributed by atoms with Gasteiger partial charge in [-0.05, 0) is 55.0 Å². The standard InChI is InChI=1S/C22H15BrFN3OS/c1-14-2-4-15(5-3-14)13-25-27(21(28)16-6-8-17(23)9-7-16)22-26-19-11-10-18(24)12-20(19)29-22/h2-13H,1H3/b25-13+. The van der Waals surface area contributed by atoms with Crippen molar-refractivity contribution >= 4 is 54.7 Å². The third-order valence-corrected chi connectivity index (χ3v) is 5.73. The monoisotopic (exact) mass is 467 g/mol. The molecule has 144 valence electrons. The van der Waals surface area contributed by atoms with Gasteiger partial charge in [0.2, 0.25) is 5.13 Å². The van der Waals surface area contributed by atoms with Gasteiger partial charge in [0.05, 0.1) is 16.4 Å². The molecule has 0 aliphatic rings. The number of benzene rings is 3. The number of anilines is 1. The summed E-state index contributed by atoms with van der Waals surface area (Å²) in [5.41, 5.74) is 3.08. The minimum absolute atomic E-state index is 0.319. The van der Waals surface area contributed by atoms with Crippen molar-refractivity contribution < 1.29 is 9.18 Å². The molecule has 0 radical (unpaired) electrons. The van der Waals surface area contributed by atoms with E-state index in [2.05, 4.69) is 26.0 Å². The van der Waals surface area contributed by atoms with E-state index in [0.29, 0.717) is 20.9 Å². The highest BCUT2D eigenvalue weighted by molar-refractivity contribution is 9.10. The molecular formula is C22H15BrFN3OS. The predicted molar refractivity (Wildman–Crippen MR) is 119 cm³/mol. The molecule has 1 aromatic heterocycles. The molecule has 4 aromatic rings. The Bertz CT molecular complexity index is 1200. The van der Waals surface area contributed by atoms with Gasteiger partial charge in [-0.2, -0.15) is 10.1 Å². The van der Waals surface area contributed by atoms with Gasteiger partial charge in [0.25, 0.3) is 5.91 Å². The maximum atomic E-state index is 13.6. The predicted octanol–water partition coefficient (Wildman–Crippen LogP) is 6.19. The van der Waals surface area contributed by atoms with Crippen LogP contribution in [0.4, 0.5) is 9.52 Å². The Morgan fingerprint density at radius 3 is 2.55 bits per heavy atom. The zero-order chi connectivity index (χ0) is 20.4. The quantitative estimate of drug-likeness (QED) is 0.265. The van der Waals surface area contributed by atoms with Crippen molar-refractivity contribution in [3.05, 3.63) is 93.7 Å². The van der Waals surface area contributed by atoms with E-state index < -0.39 is 0 Å². The second-order valence-electron chi connectivity index (χ2n) is 6.39. The van der Waals surface area contributed by atoms with Crippen LogP contribution in [0.5, 0.6) is 0 Å². The number of hydrogen-bond donors (Lipinski definition) is 0. The van der Waals surface area contributed by atoms with E-state index >= 15 is 0 Å². The number of amides is 1. The Hall–Kier alpha value is -2.90. The van der Waals surface area contributed by atoms with Crippen LogP contribution >= 0.6 is 27.3 Å². The lowest BCUT2D eigenvalue weighted by Crippen LogP contribution is -2.25. The number of carbonyl (C=O) groups excluding carboxylic acids is 1. The molecule has 0 atom stereocenters. The Balaban J connectivity index is 1.75. The average Bonchev–Trinajstić information content (AvgIpc) is 3.12. The fourth-order valence-electron chi connectivity index (χ4n) is 2.66. The maximum Gasteiger partial charge on any atom is 0.280 e. The van der Waals surface area contributed by atoms with Crippen molar-refractivity contribution in [1.82, 2.24) is 4.98 Å². The molecule has 0 fully saturated rings. The van der Waals surface area contributed by atoms with Crippen molar-refractivity contribution in [2.45, 2.75) is 6.92 Å². The highest BCUT2D eigenvalue weighted by Gasteiger charge is 2.21. The molecule has 4 rings (SSSR count). The van der Waals surface area contributed by atoms with E-state index in [1.165, 1.54) is 28.5 Å². The molecule has 4 nitrogen and oxygen atoms in total. The summed E-state index contributed by atoms with van der Waals surface area (Å²) in [6, 6.07) is 19.2. The van der Waals surface area contributed by atoms with Gasteiger partial charge < -0.3 is 0 Å². The summed E-state index contributed by atoms with van der Waals surface area (Å²) in [6.45, 7) is 2.00. The van der Waals surface area contributed by atoms with Crippen LogP contribution in [-0.2, 0) is 0 Å². The number of halogens is 2. The zero-order valence-electron chi connectivity index (χ0n) is 15.3. The summed E-state index contributed by atoms with van der Waals surface area (Å²) in [4.78, 5) is 17.6. The van der Waals surface area contributed by atoms with Gasteiger partial charge in [0.15, 0.2) is 0 Å². The molecule has 0 saturated heterocycles. The number of fused-ring (bicyclic) bond motifs is 1. The molecule has 0 aliphatic heterocycles. The SMILES string of the molecule is Cc1ccc(/C=N/N(C(=O)c2ccc(Br)cc2)c2nc3ccc(F)cc3s2)cc1. The molecule has 1 heterocycles. The van der Waals surface area contributed by atoms with E-state index in [1.54, 1.807) is 36.5 Å². The second-order valence-corrected chi connectivity index (χ2v) is 8.31. The summed E-state index contributed by atoms with van der Waals surface area (Å²) in [5.74, 6) is -0.665. The molecule has 0 spiro atoms. The topological polar surface area (TPSA) is 45.6 Å². The Morgan fingerprint density at radius 2 is 1.83 bits per heavy atom. The second kappa shape index (κ2) is 8.23.